The van der Waals surface area contributed by atoms with Gasteiger partial charge in [0.15, 0.2) is 0 Å². The van der Waals surface area contributed by atoms with Crippen molar-refractivity contribution in [2.75, 3.05) is 13.1 Å². The van der Waals surface area contributed by atoms with Crippen LogP contribution in [0.1, 0.15) is 38.2 Å². The molecule has 19 heavy (non-hydrogen) atoms. The first kappa shape index (κ1) is 14.1. The second-order valence-electron chi connectivity index (χ2n) is 5.71. The molecule has 0 bridgehead atoms. The van der Waals surface area contributed by atoms with E-state index < -0.39 is 0 Å². The van der Waals surface area contributed by atoms with Crippen molar-refractivity contribution >= 4 is 5.91 Å². The van der Waals surface area contributed by atoms with Crippen LogP contribution in [-0.2, 0) is 10.2 Å². The average Bonchev–Trinajstić information content (AvgIpc) is 2.95. The standard InChI is InChI=1S/C16H24N2O/c1-13(11-17)15(19)18-12-16(9-5-6-10-16)14-7-3-2-4-8-14/h2-4,7-8,13H,5-6,9-12,17H2,1H3,(H,18,19). The molecule has 1 unspecified atom stereocenters. The molecule has 1 aromatic carbocycles. The highest BCUT2D eigenvalue weighted by molar-refractivity contribution is 5.78. The Morgan fingerprint density at radius 2 is 1.95 bits per heavy atom. The highest BCUT2D eigenvalue weighted by Gasteiger charge is 2.35. The summed E-state index contributed by atoms with van der Waals surface area (Å²) in [4.78, 5) is 11.9. The van der Waals surface area contributed by atoms with Gasteiger partial charge in [0.1, 0.15) is 0 Å². The first-order valence-electron chi connectivity index (χ1n) is 7.21. The largest absolute Gasteiger partial charge is 0.355 e. The van der Waals surface area contributed by atoms with Gasteiger partial charge in [0.05, 0.1) is 0 Å². The molecule has 0 aromatic heterocycles. The average molecular weight is 260 g/mol. The molecule has 1 fully saturated rings. The van der Waals surface area contributed by atoms with Crippen LogP contribution < -0.4 is 11.1 Å². The summed E-state index contributed by atoms with van der Waals surface area (Å²) >= 11 is 0. The van der Waals surface area contributed by atoms with Gasteiger partial charge in [-0.15, -0.1) is 0 Å². The van der Waals surface area contributed by atoms with Gasteiger partial charge in [-0.3, -0.25) is 4.79 Å². The number of nitrogens with two attached hydrogens (primary N) is 1. The van der Waals surface area contributed by atoms with E-state index in [0.717, 1.165) is 19.4 Å². The van der Waals surface area contributed by atoms with Gasteiger partial charge in [0.2, 0.25) is 5.91 Å². The molecule has 2 rings (SSSR count). The van der Waals surface area contributed by atoms with Crippen molar-refractivity contribution in [2.45, 2.75) is 38.0 Å². The quantitative estimate of drug-likeness (QED) is 0.853. The second-order valence-corrected chi connectivity index (χ2v) is 5.71. The number of hydrogen-bond donors (Lipinski definition) is 2. The van der Waals surface area contributed by atoms with Gasteiger partial charge in [-0.05, 0) is 18.4 Å². The van der Waals surface area contributed by atoms with E-state index in [1.807, 2.05) is 13.0 Å². The zero-order valence-corrected chi connectivity index (χ0v) is 11.7. The summed E-state index contributed by atoms with van der Waals surface area (Å²) in [5.41, 5.74) is 7.02. The van der Waals surface area contributed by atoms with Crippen molar-refractivity contribution < 1.29 is 4.79 Å². The molecule has 1 saturated carbocycles. The lowest BCUT2D eigenvalue weighted by Gasteiger charge is -2.30. The SMILES string of the molecule is CC(CN)C(=O)NCC1(c2ccccc2)CCCC1. The molecule has 1 aromatic rings. The Bertz CT molecular complexity index is 410. The van der Waals surface area contributed by atoms with E-state index in [9.17, 15) is 4.79 Å². The summed E-state index contributed by atoms with van der Waals surface area (Å²) in [7, 11) is 0. The Kier molecular flexibility index (Phi) is 4.59. The molecular weight excluding hydrogens is 236 g/mol. The minimum atomic E-state index is -0.103. The van der Waals surface area contributed by atoms with Crippen molar-refractivity contribution in [1.29, 1.82) is 0 Å². The molecule has 0 spiro atoms. The van der Waals surface area contributed by atoms with Crippen molar-refractivity contribution in [2.24, 2.45) is 11.7 Å². The normalized spacial score (nSPS) is 19.1. The van der Waals surface area contributed by atoms with E-state index >= 15 is 0 Å². The number of hydrogen-bond acceptors (Lipinski definition) is 2. The summed E-state index contributed by atoms with van der Waals surface area (Å²) in [6, 6.07) is 10.6. The molecule has 0 radical (unpaired) electrons. The molecule has 1 amide bonds. The van der Waals surface area contributed by atoms with E-state index in [4.69, 9.17) is 5.73 Å². The van der Waals surface area contributed by atoms with Gasteiger partial charge in [-0.1, -0.05) is 50.1 Å². The monoisotopic (exact) mass is 260 g/mol. The van der Waals surface area contributed by atoms with Gasteiger partial charge in [-0.2, -0.15) is 0 Å². The van der Waals surface area contributed by atoms with Crippen LogP contribution in [0.4, 0.5) is 0 Å². The number of rotatable bonds is 5. The fraction of sp³-hybridized carbons (Fsp3) is 0.562. The van der Waals surface area contributed by atoms with E-state index in [0.29, 0.717) is 6.54 Å². The molecule has 104 valence electrons. The summed E-state index contributed by atoms with van der Waals surface area (Å²) in [5, 5.41) is 3.10. The zero-order valence-electron chi connectivity index (χ0n) is 11.7. The van der Waals surface area contributed by atoms with Crippen LogP contribution in [0.5, 0.6) is 0 Å². The summed E-state index contributed by atoms with van der Waals surface area (Å²) in [5.74, 6) is -0.0288. The Balaban J connectivity index is 2.07. The lowest BCUT2D eigenvalue weighted by molar-refractivity contribution is -0.124. The fourth-order valence-electron chi connectivity index (χ4n) is 2.95. The van der Waals surface area contributed by atoms with Gasteiger partial charge in [0, 0.05) is 24.4 Å². The molecule has 0 heterocycles. The molecular formula is C16H24N2O. The molecule has 3 N–H and O–H groups in total. The van der Waals surface area contributed by atoms with E-state index in [1.165, 1.54) is 18.4 Å². The molecule has 3 nitrogen and oxygen atoms in total. The fourth-order valence-corrected chi connectivity index (χ4v) is 2.95. The highest BCUT2D eigenvalue weighted by Crippen LogP contribution is 2.40. The van der Waals surface area contributed by atoms with Crippen LogP contribution in [0.25, 0.3) is 0 Å². The predicted molar refractivity (Wildman–Crippen MR) is 77.8 cm³/mol. The maximum Gasteiger partial charge on any atom is 0.224 e. The predicted octanol–water partition coefficient (Wildman–Crippen LogP) is 2.21. The van der Waals surface area contributed by atoms with Crippen LogP contribution in [0.15, 0.2) is 30.3 Å². The summed E-state index contributed by atoms with van der Waals surface area (Å²) in [6.45, 7) is 3.02. The van der Waals surface area contributed by atoms with Crippen molar-refractivity contribution in [3.63, 3.8) is 0 Å². The van der Waals surface area contributed by atoms with Crippen LogP contribution in [-0.4, -0.2) is 19.0 Å². The van der Waals surface area contributed by atoms with E-state index in [1.54, 1.807) is 0 Å². The highest BCUT2D eigenvalue weighted by atomic mass is 16.1. The van der Waals surface area contributed by atoms with Crippen LogP contribution in [0.3, 0.4) is 0 Å². The Morgan fingerprint density at radius 1 is 1.32 bits per heavy atom. The molecule has 0 aliphatic heterocycles. The van der Waals surface area contributed by atoms with Gasteiger partial charge in [0.25, 0.3) is 0 Å². The van der Waals surface area contributed by atoms with E-state index in [-0.39, 0.29) is 17.2 Å². The van der Waals surface area contributed by atoms with Crippen LogP contribution in [0.2, 0.25) is 0 Å². The molecule has 1 aliphatic carbocycles. The first-order chi connectivity index (χ1) is 9.18. The molecule has 3 heteroatoms. The van der Waals surface area contributed by atoms with E-state index in [2.05, 4.69) is 29.6 Å². The van der Waals surface area contributed by atoms with Gasteiger partial charge < -0.3 is 11.1 Å². The second kappa shape index (κ2) is 6.20. The number of amides is 1. The third-order valence-corrected chi connectivity index (χ3v) is 4.35. The van der Waals surface area contributed by atoms with Crippen molar-refractivity contribution in [3.8, 4) is 0 Å². The van der Waals surface area contributed by atoms with Crippen LogP contribution in [0, 0.1) is 5.92 Å². The van der Waals surface area contributed by atoms with Crippen molar-refractivity contribution in [3.05, 3.63) is 35.9 Å². The number of nitrogens with one attached hydrogen (secondary N) is 1. The lowest BCUT2D eigenvalue weighted by Crippen LogP contribution is -2.42. The first-order valence-corrected chi connectivity index (χ1v) is 7.21. The summed E-state index contributed by atoms with van der Waals surface area (Å²) in [6.07, 6.45) is 4.82. The Morgan fingerprint density at radius 3 is 2.53 bits per heavy atom. The minimum Gasteiger partial charge on any atom is -0.355 e. The number of carbonyl (C=O) groups excluding carboxylic acids is 1. The third kappa shape index (κ3) is 3.16. The number of benzene rings is 1. The maximum atomic E-state index is 11.9. The molecule has 1 atom stereocenters. The van der Waals surface area contributed by atoms with Gasteiger partial charge in [-0.25, -0.2) is 0 Å². The van der Waals surface area contributed by atoms with Gasteiger partial charge >= 0.3 is 0 Å². The van der Waals surface area contributed by atoms with Crippen LogP contribution >= 0.6 is 0 Å². The smallest absolute Gasteiger partial charge is 0.224 e. The summed E-state index contributed by atoms with van der Waals surface area (Å²) < 4.78 is 0. The Hall–Kier alpha value is -1.35. The topological polar surface area (TPSA) is 55.1 Å². The maximum absolute atomic E-state index is 11.9. The minimum absolute atomic E-state index is 0.0738. The molecule has 0 saturated heterocycles. The zero-order chi connectivity index (χ0) is 13.7. The number of carbonyl (C=O) groups is 1. The Labute approximate surface area is 115 Å². The molecule has 1 aliphatic rings. The lowest BCUT2D eigenvalue weighted by atomic mass is 9.78. The van der Waals surface area contributed by atoms with Crippen molar-refractivity contribution in [1.82, 2.24) is 5.32 Å². The third-order valence-electron chi connectivity index (χ3n) is 4.35.